The minimum atomic E-state index is -0.961. The van der Waals surface area contributed by atoms with Gasteiger partial charge in [0.25, 0.3) is 0 Å². The van der Waals surface area contributed by atoms with Crippen LogP contribution in [-0.2, 0) is 4.79 Å². The number of aliphatic carboxylic acids is 1. The average molecular weight is 256 g/mol. The number of hydrogen-bond donors (Lipinski definition) is 2. The second-order valence-electron chi connectivity index (χ2n) is 5.81. The summed E-state index contributed by atoms with van der Waals surface area (Å²) in [6.45, 7) is 8.71. The van der Waals surface area contributed by atoms with E-state index in [9.17, 15) is 9.59 Å². The third-order valence-electron chi connectivity index (χ3n) is 3.35. The fraction of sp³-hybridized carbons (Fsp3) is 0.846. The lowest BCUT2D eigenvalue weighted by Crippen LogP contribution is -2.49. The molecule has 2 N–H and O–H groups in total. The minimum absolute atomic E-state index is 0.188. The minimum Gasteiger partial charge on any atom is -0.480 e. The maximum atomic E-state index is 12.0. The van der Waals surface area contributed by atoms with Crippen molar-refractivity contribution in [3.8, 4) is 0 Å². The summed E-state index contributed by atoms with van der Waals surface area (Å²) in [6.07, 6.45) is 1.44. The van der Waals surface area contributed by atoms with E-state index in [1.165, 1.54) is 0 Å². The van der Waals surface area contributed by atoms with Crippen LogP contribution in [0.2, 0.25) is 0 Å². The van der Waals surface area contributed by atoms with Gasteiger partial charge in [-0.1, -0.05) is 20.8 Å². The molecule has 0 bridgehead atoms. The van der Waals surface area contributed by atoms with Crippen LogP contribution in [0.1, 0.15) is 40.5 Å². The van der Waals surface area contributed by atoms with Crippen molar-refractivity contribution in [1.29, 1.82) is 0 Å². The number of likely N-dealkylation sites (tertiary alicyclic amines) is 1. The lowest BCUT2D eigenvalue weighted by atomic mass is 10.0. The number of urea groups is 1. The second kappa shape index (κ2) is 6.07. The highest BCUT2D eigenvalue weighted by molar-refractivity contribution is 5.82. The summed E-state index contributed by atoms with van der Waals surface area (Å²) in [5.74, 6) is -0.239. The number of carboxylic acid groups (broad SMARTS) is 1. The molecule has 0 saturated carbocycles. The Morgan fingerprint density at radius 1 is 1.39 bits per heavy atom. The Bertz CT molecular complexity index is 317. The number of hydrogen-bond acceptors (Lipinski definition) is 2. The fourth-order valence-corrected chi connectivity index (χ4v) is 2.51. The molecule has 5 heteroatoms. The molecule has 1 aliphatic rings. The molecular formula is C13H24N2O3. The van der Waals surface area contributed by atoms with Gasteiger partial charge in [0.1, 0.15) is 6.04 Å². The summed E-state index contributed by atoms with van der Waals surface area (Å²) in [5.41, 5.74) is 0. The van der Waals surface area contributed by atoms with Gasteiger partial charge in [0.2, 0.25) is 0 Å². The number of nitrogens with one attached hydrogen (secondary N) is 1. The lowest BCUT2D eigenvalue weighted by molar-refractivity contribution is -0.139. The van der Waals surface area contributed by atoms with Gasteiger partial charge in [-0.25, -0.2) is 9.59 Å². The van der Waals surface area contributed by atoms with Crippen LogP contribution in [0.25, 0.3) is 0 Å². The van der Waals surface area contributed by atoms with Crippen LogP contribution in [0.15, 0.2) is 0 Å². The summed E-state index contributed by atoms with van der Waals surface area (Å²) in [4.78, 5) is 24.9. The zero-order valence-electron chi connectivity index (χ0n) is 11.6. The molecule has 2 amide bonds. The first kappa shape index (κ1) is 14.8. The first-order valence-electron chi connectivity index (χ1n) is 6.61. The van der Waals surface area contributed by atoms with Crippen molar-refractivity contribution in [2.75, 3.05) is 6.54 Å². The highest BCUT2D eigenvalue weighted by Crippen LogP contribution is 2.22. The average Bonchev–Trinajstić information content (AvgIpc) is 2.56. The Labute approximate surface area is 109 Å². The molecule has 0 aromatic heterocycles. The van der Waals surface area contributed by atoms with Crippen LogP contribution in [0, 0.1) is 11.8 Å². The smallest absolute Gasteiger partial charge is 0.326 e. The van der Waals surface area contributed by atoms with Crippen molar-refractivity contribution < 1.29 is 14.7 Å². The van der Waals surface area contributed by atoms with Gasteiger partial charge in [-0.05, 0) is 31.6 Å². The highest BCUT2D eigenvalue weighted by Gasteiger charge is 2.32. The molecule has 2 unspecified atom stereocenters. The molecule has 5 nitrogen and oxygen atoms in total. The van der Waals surface area contributed by atoms with Crippen LogP contribution >= 0.6 is 0 Å². The van der Waals surface area contributed by atoms with Gasteiger partial charge in [-0.3, -0.25) is 0 Å². The number of carbonyl (C=O) groups is 2. The van der Waals surface area contributed by atoms with Crippen LogP contribution in [0.4, 0.5) is 4.79 Å². The van der Waals surface area contributed by atoms with Crippen molar-refractivity contribution in [3.05, 3.63) is 0 Å². The molecule has 3 atom stereocenters. The molecule has 0 radical (unpaired) electrons. The van der Waals surface area contributed by atoms with Gasteiger partial charge >= 0.3 is 12.0 Å². The van der Waals surface area contributed by atoms with Gasteiger partial charge in [-0.15, -0.1) is 0 Å². The first-order chi connectivity index (χ1) is 8.31. The Kier molecular flexibility index (Phi) is 4.99. The Balaban J connectivity index is 2.58. The Morgan fingerprint density at radius 2 is 2.00 bits per heavy atom. The molecule has 1 fully saturated rings. The first-order valence-corrected chi connectivity index (χ1v) is 6.61. The molecule has 104 valence electrons. The molecule has 0 aliphatic carbocycles. The van der Waals surface area contributed by atoms with E-state index in [-0.39, 0.29) is 18.0 Å². The number of carboxylic acids is 1. The molecule has 1 aliphatic heterocycles. The topological polar surface area (TPSA) is 69.6 Å². The summed E-state index contributed by atoms with van der Waals surface area (Å²) >= 11 is 0. The molecule has 0 aromatic carbocycles. The van der Waals surface area contributed by atoms with E-state index in [1.54, 1.807) is 4.90 Å². The number of carbonyl (C=O) groups excluding carboxylic acids is 1. The van der Waals surface area contributed by atoms with Crippen LogP contribution in [-0.4, -0.2) is 40.6 Å². The molecular weight excluding hydrogens is 232 g/mol. The molecule has 18 heavy (non-hydrogen) atoms. The van der Waals surface area contributed by atoms with Crippen LogP contribution in [0.5, 0.6) is 0 Å². The maximum absolute atomic E-state index is 12.0. The zero-order chi connectivity index (χ0) is 13.9. The van der Waals surface area contributed by atoms with Crippen molar-refractivity contribution in [1.82, 2.24) is 10.2 Å². The van der Waals surface area contributed by atoms with E-state index in [4.69, 9.17) is 5.11 Å². The van der Waals surface area contributed by atoms with E-state index < -0.39 is 12.0 Å². The van der Waals surface area contributed by atoms with Crippen molar-refractivity contribution >= 4 is 12.0 Å². The third-order valence-corrected chi connectivity index (χ3v) is 3.35. The predicted molar refractivity (Wildman–Crippen MR) is 69.4 cm³/mol. The summed E-state index contributed by atoms with van der Waals surface area (Å²) in [6, 6.07) is -0.853. The van der Waals surface area contributed by atoms with E-state index in [1.807, 2.05) is 20.8 Å². The Hall–Kier alpha value is -1.26. The van der Waals surface area contributed by atoms with Crippen LogP contribution in [0.3, 0.4) is 0 Å². The van der Waals surface area contributed by atoms with Crippen LogP contribution < -0.4 is 5.32 Å². The quantitative estimate of drug-likeness (QED) is 0.807. The van der Waals surface area contributed by atoms with Crippen molar-refractivity contribution in [2.45, 2.75) is 52.6 Å². The summed E-state index contributed by atoms with van der Waals surface area (Å²) in [5, 5.41) is 11.7. The lowest BCUT2D eigenvalue weighted by Gasteiger charge is -2.25. The van der Waals surface area contributed by atoms with Gasteiger partial charge in [0.15, 0.2) is 0 Å². The van der Waals surface area contributed by atoms with Crippen molar-refractivity contribution in [3.63, 3.8) is 0 Å². The third kappa shape index (κ3) is 3.89. The monoisotopic (exact) mass is 256 g/mol. The normalized spacial score (nSPS) is 25.3. The van der Waals surface area contributed by atoms with Gasteiger partial charge in [0, 0.05) is 12.6 Å². The molecule has 0 aromatic rings. The Morgan fingerprint density at radius 3 is 2.39 bits per heavy atom. The zero-order valence-corrected chi connectivity index (χ0v) is 11.6. The van der Waals surface area contributed by atoms with Crippen molar-refractivity contribution in [2.24, 2.45) is 11.8 Å². The van der Waals surface area contributed by atoms with Gasteiger partial charge < -0.3 is 15.3 Å². The number of nitrogens with zero attached hydrogens (tertiary/aromatic N) is 1. The number of rotatable bonds is 4. The summed E-state index contributed by atoms with van der Waals surface area (Å²) < 4.78 is 0. The maximum Gasteiger partial charge on any atom is 0.326 e. The molecule has 1 heterocycles. The van der Waals surface area contributed by atoms with Gasteiger partial charge in [0.05, 0.1) is 0 Å². The predicted octanol–water partition coefficient (Wildman–Crippen LogP) is 1.93. The molecule has 1 saturated heterocycles. The van der Waals surface area contributed by atoms with E-state index in [0.29, 0.717) is 18.9 Å². The second-order valence-corrected chi connectivity index (χ2v) is 5.81. The van der Waals surface area contributed by atoms with E-state index >= 15 is 0 Å². The largest absolute Gasteiger partial charge is 0.480 e. The SMILES string of the molecule is CC(C)C[C@H](NC(=O)N1CC(C)CC1C)C(=O)O. The number of amides is 2. The highest BCUT2D eigenvalue weighted by atomic mass is 16.4. The molecule has 0 spiro atoms. The van der Waals surface area contributed by atoms with Gasteiger partial charge in [-0.2, -0.15) is 0 Å². The fourth-order valence-electron chi connectivity index (χ4n) is 2.51. The summed E-state index contributed by atoms with van der Waals surface area (Å²) in [7, 11) is 0. The van der Waals surface area contributed by atoms with E-state index in [0.717, 1.165) is 6.42 Å². The standard InChI is InChI=1S/C13H24N2O3/c1-8(2)5-11(12(16)17)14-13(18)15-7-9(3)6-10(15)4/h8-11H,5-7H2,1-4H3,(H,14,18)(H,16,17)/t9?,10?,11-/m0/s1. The van der Waals surface area contributed by atoms with E-state index in [2.05, 4.69) is 12.2 Å². The molecule has 1 rings (SSSR count).